The Hall–Kier alpha value is -1.11. The van der Waals surface area contributed by atoms with Gasteiger partial charge in [0.15, 0.2) is 9.84 Å². The van der Waals surface area contributed by atoms with Crippen LogP contribution in [0, 0.1) is 5.92 Å². The molecule has 1 atom stereocenters. The molecule has 1 rings (SSSR count). The molecule has 0 aliphatic carbocycles. The Balaban J connectivity index is 0.00000576. The summed E-state index contributed by atoms with van der Waals surface area (Å²) in [6.45, 7) is 8.25. The van der Waals surface area contributed by atoms with Crippen LogP contribution in [0.25, 0.3) is 0 Å². The molecule has 0 aliphatic heterocycles. The number of hydrogen-bond donors (Lipinski definition) is 2. The Morgan fingerprint density at radius 1 is 1.08 bits per heavy atom. The maximum atomic E-state index is 11.8. The highest BCUT2D eigenvalue weighted by atomic mass is 35.5. The fraction of sp³-hybridized carbons (Fsp3) is 0.611. The van der Waals surface area contributed by atoms with E-state index in [9.17, 15) is 13.2 Å². The topological polar surface area (TPSA) is 89.3 Å². The average Bonchev–Trinajstić information content (AvgIpc) is 2.49. The zero-order chi connectivity index (χ0) is 18.3. The SMILES string of the molecule is CC(C)CS(=O)(=O)CCC(=O)NCC(N)c1ccc(C(C)C)cc1.Cl. The number of carbonyl (C=O) groups is 1. The van der Waals surface area contributed by atoms with Gasteiger partial charge < -0.3 is 11.1 Å². The Kier molecular flexibility index (Phi) is 10.3. The van der Waals surface area contributed by atoms with Gasteiger partial charge in [-0.25, -0.2) is 8.42 Å². The van der Waals surface area contributed by atoms with Gasteiger partial charge in [0.05, 0.1) is 11.5 Å². The fourth-order valence-electron chi connectivity index (χ4n) is 2.40. The molecule has 0 heterocycles. The van der Waals surface area contributed by atoms with Crippen LogP contribution in [0.1, 0.15) is 57.2 Å². The van der Waals surface area contributed by atoms with Crippen molar-refractivity contribution >= 4 is 28.2 Å². The summed E-state index contributed by atoms with van der Waals surface area (Å²) in [5.41, 5.74) is 8.28. The van der Waals surface area contributed by atoms with Gasteiger partial charge in [-0.15, -0.1) is 12.4 Å². The van der Waals surface area contributed by atoms with E-state index in [1.165, 1.54) is 5.56 Å². The number of rotatable bonds is 9. The highest BCUT2D eigenvalue weighted by molar-refractivity contribution is 7.91. The number of sulfone groups is 1. The summed E-state index contributed by atoms with van der Waals surface area (Å²) in [5.74, 6) is 0.247. The number of halogens is 1. The van der Waals surface area contributed by atoms with Crippen LogP contribution in [-0.2, 0) is 14.6 Å². The van der Waals surface area contributed by atoms with Crippen LogP contribution in [0.2, 0.25) is 0 Å². The van der Waals surface area contributed by atoms with E-state index in [2.05, 4.69) is 19.2 Å². The molecule has 1 amide bonds. The van der Waals surface area contributed by atoms with E-state index in [1.54, 1.807) is 0 Å². The molecule has 3 N–H and O–H groups in total. The molecule has 0 saturated heterocycles. The van der Waals surface area contributed by atoms with Gasteiger partial charge in [-0.2, -0.15) is 0 Å². The monoisotopic (exact) mass is 390 g/mol. The minimum absolute atomic E-state index is 0. The quantitative estimate of drug-likeness (QED) is 0.678. The van der Waals surface area contributed by atoms with Crippen molar-refractivity contribution in [1.29, 1.82) is 0 Å². The van der Waals surface area contributed by atoms with Gasteiger partial charge >= 0.3 is 0 Å². The lowest BCUT2D eigenvalue weighted by Crippen LogP contribution is -2.33. The van der Waals surface area contributed by atoms with Crippen LogP contribution in [0.3, 0.4) is 0 Å². The zero-order valence-corrected chi connectivity index (χ0v) is 17.1. The highest BCUT2D eigenvalue weighted by Crippen LogP contribution is 2.17. The van der Waals surface area contributed by atoms with Gasteiger partial charge in [-0.3, -0.25) is 4.79 Å². The van der Waals surface area contributed by atoms with Crippen LogP contribution < -0.4 is 11.1 Å². The summed E-state index contributed by atoms with van der Waals surface area (Å²) in [7, 11) is -3.17. The second-order valence-corrected chi connectivity index (χ2v) is 9.22. The van der Waals surface area contributed by atoms with Crippen LogP contribution in [0.4, 0.5) is 0 Å². The first-order valence-electron chi connectivity index (χ1n) is 8.43. The molecule has 0 radical (unpaired) electrons. The molecule has 0 aliphatic rings. The predicted molar refractivity (Wildman–Crippen MR) is 106 cm³/mol. The zero-order valence-electron chi connectivity index (χ0n) is 15.5. The first-order chi connectivity index (χ1) is 11.1. The summed E-state index contributed by atoms with van der Waals surface area (Å²) >= 11 is 0. The fourth-order valence-corrected chi connectivity index (χ4v) is 4.08. The minimum atomic E-state index is -3.17. The van der Waals surface area contributed by atoms with Crippen molar-refractivity contribution in [3.05, 3.63) is 35.4 Å². The maximum Gasteiger partial charge on any atom is 0.221 e. The van der Waals surface area contributed by atoms with Crippen molar-refractivity contribution in [3.8, 4) is 0 Å². The van der Waals surface area contributed by atoms with E-state index in [1.807, 2.05) is 38.1 Å². The highest BCUT2D eigenvalue weighted by Gasteiger charge is 2.16. The van der Waals surface area contributed by atoms with Crippen molar-refractivity contribution in [3.63, 3.8) is 0 Å². The molecule has 1 unspecified atom stereocenters. The summed E-state index contributed by atoms with van der Waals surface area (Å²) in [5, 5.41) is 2.72. The second kappa shape index (κ2) is 10.8. The van der Waals surface area contributed by atoms with Gasteiger partial charge in [0.25, 0.3) is 0 Å². The van der Waals surface area contributed by atoms with Crippen LogP contribution in [0.15, 0.2) is 24.3 Å². The van der Waals surface area contributed by atoms with Crippen LogP contribution in [0.5, 0.6) is 0 Å². The predicted octanol–water partition coefficient (Wildman–Crippen LogP) is 2.81. The van der Waals surface area contributed by atoms with Gasteiger partial charge in [0.2, 0.25) is 5.91 Å². The molecule has 144 valence electrons. The Labute approximate surface area is 158 Å². The lowest BCUT2D eigenvalue weighted by molar-refractivity contribution is -0.120. The lowest BCUT2D eigenvalue weighted by Gasteiger charge is -2.15. The van der Waals surface area contributed by atoms with Crippen LogP contribution in [-0.4, -0.2) is 32.4 Å². The molecule has 0 fully saturated rings. The third kappa shape index (κ3) is 9.23. The normalized spacial score (nSPS) is 12.8. The van der Waals surface area contributed by atoms with E-state index >= 15 is 0 Å². The number of carbonyl (C=O) groups excluding carboxylic acids is 1. The maximum absolute atomic E-state index is 11.8. The van der Waals surface area contributed by atoms with E-state index in [0.717, 1.165) is 5.56 Å². The molecule has 25 heavy (non-hydrogen) atoms. The Morgan fingerprint density at radius 2 is 1.60 bits per heavy atom. The molecule has 0 spiro atoms. The molecular weight excluding hydrogens is 360 g/mol. The standard InChI is InChI=1S/C18H30N2O3S.ClH/c1-13(2)12-24(22,23)10-9-18(21)20-11-17(19)16-7-5-15(6-8-16)14(3)4;/h5-8,13-14,17H,9-12,19H2,1-4H3,(H,20,21);1H. The van der Waals surface area contributed by atoms with Crippen molar-refractivity contribution in [2.75, 3.05) is 18.1 Å². The van der Waals surface area contributed by atoms with Crippen molar-refractivity contribution in [2.24, 2.45) is 11.7 Å². The van der Waals surface area contributed by atoms with E-state index < -0.39 is 9.84 Å². The lowest BCUT2D eigenvalue weighted by atomic mass is 9.99. The summed E-state index contributed by atoms with van der Waals surface area (Å²) in [6.07, 6.45) is -0.0198. The third-order valence-corrected chi connectivity index (χ3v) is 5.78. The molecule has 5 nitrogen and oxygen atoms in total. The van der Waals surface area contributed by atoms with Gasteiger partial charge in [0, 0.05) is 19.0 Å². The summed E-state index contributed by atoms with van der Waals surface area (Å²) in [6, 6.07) is 7.72. The van der Waals surface area contributed by atoms with E-state index in [-0.39, 0.29) is 48.2 Å². The minimum Gasteiger partial charge on any atom is -0.354 e. The Bertz CT molecular complexity index is 628. The molecule has 7 heteroatoms. The first kappa shape index (κ1) is 23.9. The van der Waals surface area contributed by atoms with Crippen molar-refractivity contribution in [2.45, 2.75) is 46.1 Å². The number of nitrogens with two attached hydrogens (primary N) is 1. The van der Waals surface area contributed by atoms with Gasteiger partial charge in [-0.05, 0) is 23.0 Å². The molecule has 0 saturated carbocycles. The molecular formula is C18H31ClN2O3S. The number of amides is 1. The van der Waals surface area contributed by atoms with Gasteiger partial charge in [-0.1, -0.05) is 52.0 Å². The third-order valence-electron chi connectivity index (χ3n) is 3.78. The molecule has 0 aromatic heterocycles. The van der Waals surface area contributed by atoms with Crippen molar-refractivity contribution in [1.82, 2.24) is 5.32 Å². The first-order valence-corrected chi connectivity index (χ1v) is 10.3. The van der Waals surface area contributed by atoms with E-state index in [0.29, 0.717) is 12.5 Å². The summed E-state index contributed by atoms with van der Waals surface area (Å²) < 4.78 is 23.6. The molecule has 1 aromatic carbocycles. The van der Waals surface area contributed by atoms with E-state index in [4.69, 9.17) is 5.73 Å². The molecule has 1 aromatic rings. The average molecular weight is 391 g/mol. The largest absolute Gasteiger partial charge is 0.354 e. The smallest absolute Gasteiger partial charge is 0.221 e. The van der Waals surface area contributed by atoms with Crippen molar-refractivity contribution < 1.29 is 13.2 Å². The second-order valence-electron chi connectivity index (χ2n) is 6.99. The number of nitrogens with one attached hydrogen (secondary N) is 1. The number of hydrogen-bond acceptors (Lipinski definition) is 4. The Morgan fingerprint density at radius 3 is 2.08 bits per heavy atom. The summed E-state index contributed by atoms with van der Waals surface area (Å²) in [4.78, 5) is 11.8. The van der Waals surface area contributed by atoms with Crippen LogP contribution >= 0.6 is 12.4 Å². The van der Waals surface area contributed by atoms with Gasteiger partial charge in [0.1, 0.15) is 0 Å². The molecule has 0 bridgehead atoms. The number of benzene rings is 1.